The van der Waals surface area contributed by atoms with E-state index in [1.54, 1.807) is 17.6 Å². The fraction of sp³-hybridized carbons (Fsp3) is 0. The lowest BCUT2D eigenvalue weighted by atomic mass is 10.4. The molecule has 1 unspecified atom stereocenters. The molecule has 7 heteroatoms. The fourth-order valence-corrected chi connectivity index (χ4v) is 2.33. The number of hydrogen-bond donors (Lipinski definition) is 1. The quantitative estimate of drug-likeness (QED) is 0.562. The van der Waals surface area contributed by atoms with Crippen LogP contribution < -0.4 is 22.0 Å². The summed E-state index contributed by atoms with van der Waals surface area (Å²) in [6.07, 6.45) is 3.60. The number of amidine groups is 2. The summed E-state index contributed by atoms with van der Waals surface area (Å²) in [5, 5.41) is 7.34. The van der Waals surface area contributed by atoms with Crippen LogP contribution in [0, 0.1) is 0 Å². The number of hydrogen-bond acceptors (Lipinski definition) is 4. The molecule has 0 aromatic carbocycles. The molecule has 3 rings (SSSR count). The van der Waals surface area contributed by atoms with Crippen molar-refractivity contribution in [2.24, 2.45) is 15.1 Å². The van der Waals surface area contributed by atoms with Crippen molar-refractivity contribution >= 4 is 45.2 Å². The van der Waals surface area contributed by atoms with E-state index in [1.807, 2.05) is 23.7 Å². The SMILES string of the molecule is BrC1=C[NH+]2N=C(c3cccs3)N=C2C=N1.[Br-]. The van der Waals surface area contributed by atoms with Crippen LogP contribution in [-0.4, -0.2) is 17.9 Å². The predicted molar refractivity (Wildman–Crippen MR) is 64.8 cm³/mol. The number of thiophene rings is 1. The summed E-state index contributed by atoms with van der Waals surface area (Å²) < 4.78 is 0.785. The lowest BCUT2D eigenvalue weighted by Crippen LogP contribution is -3.05. The molecule has 0 amide bonds. The van der Waals surface area contributed by atoms with Gasteiger partial charge in [0.1, 0.15) is 6.21 Å². The van der Waals surface area contributed by atoms with E-state index in [0.717, 1.165) is 26.2 Å². The highest BCUT2D eigenvalue weighted by Crippen LogP contribution is 2.12. The first-order valence-electron chi connectivity index (χ1n) is 4.33. The Morgan fingerprint density at radius 1 is 1.38 bits per heavy atom. The van der Waals surface area contributed by atoms with E-state index in [0.29, 0.717) is 0 Å². The largest absolute Gasteiger partial charge is 1.00 e. The Hall–Kier alpha value is -0.630. The average Bonchev–Trinajstić information content (AvgIpc) is 2.84. The summed E-state index contributed by atoms with van der Waals surface area (Å²) in [6.45, 7) is 0. The second-order valence-corrected chi connectivity index (χ2v) is 4.78. The first kappa shape index (κ1) is 11.8. The molecular formula is C9H6Br2N4S. The molecule has 1 aromatic rings. The Labute approximate surface area is 115 Å². The zero-order valence-electron chi connectivity index (χ0n) is 7.89. The topological polar surface area (TPSA) is 41.5 Å². The van der Waals surface area contributed by atoms with Crippen molar-refractivity contribution in [2.75, 3.05) is 0 Å². The van der Waals surface area contributed by atoms with Gasteiger partial charge < -0.3 is 17.0 Å². The predicted octanol–water partition coefficient (Wildman–Crippen LogP) is -2.01. The van der Waals surface area contributed by atoms with Crippen molar-refractivity contribution < 1.29 is 22.0 Å². The van der Waals surface area contributed by atoms with E-state index in [4.69, 9.17) is 0 Å². The molecule has 0 fully saturated rings. The molecule has 0 radical (unpaired) electrons. The molecule has 3 heterocycles. The minimum atomic E-state index is 0. The monoisotopic (exact) mass is 360 g/mol. The summed E-state index contributed by atoms with van der Waals surface area (Å²) in [7, 11) is 0. The third-order valence-electron chi connectivity index (χ3n) is 2.02. The molecule has 0 saturated carbocycles. The Bertz CT molecular complexity index is 516. The van der Waals surface area contributed by atoms with E-state index >= 15 is 0 Å². The molecule has 1 atom stereocenters. The van der Waals surface area contributed by atoms with Gasteiger partial charge in [-0.15, -0.1) is 16.3 Å². The molecule has 0 saturated heterocycles. The van der Waals surface area contributed by atoms with Crippen molar-refractivity contribution in [2.45, 2.75) is 0 Å². The van der Waals surface area contributed by atoms with Gasteiger partial charge in [-0.1, -0.05) is 11.2 Å². The highest BCUT2D eigenvalue weighted by Gasteiger charge is 2.27. The van der Waals surface area contributed by atoms with E-state index in [-0.39, 0.29) is 17.0 Å². The van der Waals surface area contributed by atoms with E-state index in [9.17, 15) is 0 Å². The third kappa shape index (κ3) is 2.08. The molecule has 0 spiro atoms. The van der Waals surface area contributed by atoms with Crippen LogP contribution in [0.3, 0.4) is 0 Å². The first-order chi connectivity index (χ1) is 7.33. The van der Waals surface area contributed by atoms with Gasteiger partial charge in [0.2, 0.25) is 5.84 Å². The summed E-state index contributed by atoms with van der Waals surface area (Å²) in [6, 6.07) is 4.01. The lowest BCUT2D eigenvalue weighted by Gasteiger charge is -2.03. The van der Waals surface area contributed by atoms with Gasteiger partial charge in [-0.25, -0.2) is 4.99 Å². The molecule has 0 bridgehead atoms. The fourth-order valence-electron chi connectivity index (χ4n) is 1.36. The number of nitrogens with one attached hydrogen (secondary N) is 1. The van der Waals surface area contributed by atoms with Gasteiger partial charge >= 0.3 is 0 Å². The van der Waals surface area contributed by atoms with Crippen LogP contribution in [0.1, 0.15) is 4.88 Å². The van der Waals surface area contributed by atoms with Gasteiger partial charge in [0, 0.05) is 0 Å². The number of aliphatic imine (C=N–C) groups is 2. The van der Waals surface area contributed by atoms with Crippen molar-refractivity contribution in [1.29, 1.82) is 0 Å². The standard InChI is InChI=1S/C9H5BrN4S.BrH/c10-7-5-14-8(4-11-7)12-9(13-14)6-2-1-3-15-6;/h1-5H;1H. The molecule has 0 aliphatic carbocycles. The highest BCUT2D eigenvalue weighted by molar-refractivity contribution is 9.11. The number of rotatable bonds is 1. The normalized spacial score (nSPS) is 21.8. The Morgan fingerprint density at radius 3 is 3.00 bits per heavy atom. The Morgan fingerprint density at radius 2 is 2.25 bits per heavy atom. The molecule has 4 nitrogen and oxygen atoms in total. The second-order valence-electron chi connectivity index (χ2n) is 3.02. The molecule has 2 aliphatic rings. The minimum absolute atomic E-state index is 0. The van der Waals surface area contributed by atoms with Gasteiger partial charge in [-0.05, 0) is 27.4 Å². The summed E-state index contributed by atoms with van der Waals surface area (Å²) in [5.74, 6) is 1.61. The minimum Gasteiger partial charge on any atom is -1.00 e. The van der Waals surface area contributed by atoms with Crippen LogP contribution in [0.25, 0.3) is 0 Å². The van der Waals surface area contributed by atoms with E-state index in [2.05, 4.69) is 31.0 Å². The van der Waals surface area contributed by atoms with Crippen molar-refractivity contribution in [3.8, 4) is 0 Å². The lowest BCUT2D eigenvalue weighted by molar-refractivity contribution is -0.748. The molecule has 1 N–H and O–H groups in total. The van der Waals surface area contributed by atoms with Crippen LogP contribution in [-0.2, 0) is 0 Å². The van der Waals surface area contributed by atoms with Crippen molar-refractivity contribution in [3.05, 3.63) is 33.2 Å². The zero-order chi connectivity index (χ0) is 10.3. The van der Waals surface area contributed by atoms with Crippen LogP contribution in [0.4, 0.5) is 0 Å². The van der Waals surface area contributed by atoms with Crippen LogP contribution in [0.2, 0.25) is 0 Å². The molecule has 82 valence electrons. The Kier molecular flexibility index (Phi) is 3.48. The van der Waals surface area contributed by atoms with Gasteiger partial charge in [0.25, 0.3) is 5.84 Å². The maximum atomic E-state index is 4.45. The van der Waals surface area contributed by atoms with Crippen LogP contribution >= 0.6 is 27.3 Å². The second kappa shape index (κ2) is 4.70. The van der Waals surface area contributed by atoms with Crippen LogP contribution in [0.15, 0.2) is 43.4 Å². The summed E-state index contributed by atoms with van der Waals surface area (Å²) in [5.41, 5.74) is 0. The third-order valence-corrected chi connectivity index (χ3v) is 3.32. The molecule has 2 aliphatic heterocycles. The van der Waals surface area contributed by atoms with Gasteiger partial charge in [0.15, 0.2) is 10.8 Å². The smallest absolute Gasteiger partial charge is 0.278 e. The zero-order valence-corrected chi connectivity index (χ0v) is 11.9. The summed E-state index contributed by atoms with van der Waals surface area (Å²) in [4.78, 5) is 9.62. The molecular weight excluding hydrogens is 356 g/mol. The van der Waals surface area contributed by atoms with Gasteiger partial charge in [-0.3, -0.25) is 0 Å². The van der Waals surface area contributed by atoms with Gasteiger partial charge in [0.05, 0.1) is 4.88 Å². The number of quaternary nitrogens is 1. The average molecular weight is 362 g/mol. The molecule has 16 heavy (non-hydrogen) atoms. The van der Waals surface area contributed by atoms with E-state index in [1.165, 1.54) is 0 Å². The van der Waals surface area contributed by atoms with E-state index < -0.39 is 0 Å². The van der Waals surface area contributed by atoms with Crippen molar-refractivity contribution in [1.82, 2.24) is 0 Å². The highest BCUT2D eigenvalue weighted by atomic mass is 79.9. The summed E-state index contributed by atoms with van der Waals surface area (Å²) >= 11 is 4.95. The molecule has 1 aromatic heterocycles. The first-order valence-corrected chi connectivity index (χ1v) is 6.00. The van der Waals surface area contributed by atoms with Gasteiger partial charge in [-0.2, -0.15) is 4.99 Å². The maximum absolute atomic E-state index is 4.45. The number of nitrogens with zero attached hydrogens (tertiary/aromatic N) is 3. The number of fused-ring (bicyclic) bond motifs is 1. The Balaban J connectivity index is 0.000000963. The van der Waals surface area contributed by atoms with Crippen molar-refractivity contribution in [3.63, 3.8) is 0 Å². The number of halogens is 2. The maximum Gasteiger partial charge on any atom is 0.278 e. The van der Waals surface area contributed by atoms with Crippen LogP contribution in [0.5, 0.6) is 0 Å².